The second kappa shape index (κ2) is 6.33. The fourth-order valence-electron chi connectivity index (χ4n) is 2.77. The first-order chi connectivity index (χ1) is 11.7. The van der Waals surface area contributed by atoms with E-state index in [2.05, 4.69) is 14.9 Å². The molecule has 0 radical (unpaired) electrons. The Kier molecular flexibility index (Phi) is 4.03. The standard InChI is InChI=1S/C15H15N5O2S2/c21-12(9-20-10-17-13-11(14(20)22)1-7-23-13)18-3-5-19(6-4-18)15-16-2-8-24-15/h1-2,7-8,10H,3-6,9H2. The number of thiazole rings is 1. The van der Waals surface area contributed by atoms with Crippen LogP contribution in [0, 0.1) is 0 Å². The molecule has 1 aliphatic rings. The molecule has 9 heteroatoms. The van der Waals surface area contributed by atoms with Gasteiger partial charge in [-0.05, 0) is 11.4 Å². The molecule has 1 aliphatic heterocycles. The molecule has 0 atom stereocenters. The minimum absolute atomic E-state index is 0.0366. The molecule has 24 heavy (non-hydrogen) atoms. The summed E-state index contributed by atoms with van der Waals surface area (Å²) in [7, 11) is 0. The highest BCUT2D eigenvalue weighted by Gasteiger charge is 2.22. The Balaban J connectivity index is 1.43. The summed E-state index contributed by atoms with van der Waals surface area (Å²) in [6.07, 6.45) is 3.25. The van der Waals surface area contributed by atoms with Gasteiger partial charge in [-0.1, -0.05) is 0 Å². The van der Waals surface area contributed by atoms with Gasteiger partial charge in [-0.3, -0.25) is 14.2 Å². The molecule has 0 spiro atoms. The van der Waals surface area contributed by atoms with Gasteiger partial charge in [0.05, 0.1) is 11.7 Å². The largest absolute Gasteiger partial charge is 0.345 e. The lowest BCUT2D eigenvalue weighted by molar-refractivity contribution is -0.132. The van der Waals surface area contributed by atoms with E-state index in [0.717, 1.165) is 18.2 Å². The van der Waals surface area contributed by atoms with Crippen molar-refractivity contribution in [1.29, 1.82) is 0 Å². The Labute approximate surface area is 145 Å². The van der Waals surface area contributed by atoms with Crippen LogP contribution in [0.4, 0.5) is 5.13 Å². The molecule has 1 saturated heterocycles. The van der Waals surface area contributed by atoms with Crippen LogP contribution in [0.2, 0.25) is 0 Å². The molecular formula is C15H15N5O2S2. The first kappa shape index (κ1) is 15.3. The van der Waals surface area contributed by atoms with Gasteiger partial charge in [0.15, 0.2) is 5.13 Å². The van der Waals surface area contributed by atoms with Gasteiger partial charge in [-0.25, -0.2) is 9.97 Å². The fraction of sp³-hybridized carbons (Fsp3) is 0.333. The number of carbonyl (C=O) groups excluding carboxylic acids is 1. The third kappa shape index (κ3) is 2.80. The van der Waals surface area contributed by atoms with Crippen molar-refractivity contribution in [3.63, 3.8) is 0 Å². The van der Waals surface area contributed by atoms with Crippen LogP contribution >= 0.6 is 22.7 Å². The second-order valence-electron chi connectivity index (χ2n) is 5.50. The third-order valence-corrected chi connectivity index (χ3v) is 5.73. The van der Waals surface area contributed by atoms with E-state index in [1.807, 2.05) is 10.8 Å². The SMILES string of the molecule is O=C(Cn1cnc2sccc2c1=O)N1CCN(c2nccs2)CC1. The predicted octanol–water partition coefficient (Wildman–Crippen LogP) is 1.26. The topological polar surface area (TPSA) is 71.3 Å². The number of rotatable bonds is 3. The van der Waals surface area contributed by atoms with Gasteiger partial charge in [0.2, 0.25) is 5.91 Å². The Morgan fingerprint density at radius 2 is 1.96 bits per heavy atom. The second-order valence-corrected chi connectivity index (χ2v) is 7.27. The number of hydrogen-bond acceptors (Lipinski definition) is 7. The van der Waals surface area contributed by atoms with Crippen LogP contribution in [-0.2, 0) is 11.3 Å². The molecule has 0 bridgehead atoms. The van der Waals surface area contributed by atoms with E-state index in [9.17, 15) is 9.59 Å². The Morgan fingerprint density at radius 1 is 1.12 bits per heavy atom. The van der Waals surface area contributed by atoms with E-state index >= 15 is 0 Å². The van der Waals surface area contributed by atoms with Crippen LogP contribution in [0.15, 0.2) is 34.1 Å². The maximum atomic E-state index is 12.5. The number of amides is 1. The van der Waals surface area contributed by atoms with Gasteiger partial charge in [0, 0.05) is 37.8 Å². The first-order valence-corrected chi connectivity index (χ1v) is 9.33. The molecule has 3 aromatic heterocycles. The summed E-state index contributed by atoms with van der Waals surface area (Å²) in [5.74, 6) is -0.0488. The third-order valence-electron chi connectivity index (χ3n) is 4.08. The molecule has 0 saturated carbocycles. The zero-order chi connectivity index (χ0) is 16.5. The summed E-state index contributed by atoms with van der Waals surface area (Å²) in [5, 5.41) is 5.35. The summed E-state index contributed by atoms with van der Waals surface area (Å²) < 4.78 is 1.39. The number of thiophene rings is 1. The molecule has 1 amide bonds. The summed E-state index contributed by atoms with van der Waals surface area (Å²) in [6.45, 7) is 2.84. The molecule has 7 nitrogen and oxygen atoms in total. The van der Waals surface area contributed by atoms with Crippen LogP contribution in [0.5, 0.6) is 0 Å². The lowest BCUT2D eigenvalue weighted by atomic mass is 10.3. The molecular weight excluding hydrogens is 346 g/mol. The van der Waals surface area contributed by atoms with E-state index in [1.54, 1.807) is 28.5 Å². The van der Waals surface area contributed by atoms with Crippen LogP contribution in [0.25, 0.3) is 10.2 Å². The number of fused-ring (bicyclic) bond motifs is 1. The fourth-order valence-corrected chi connectivity index (χ4v) is 4.19. The minimum Gasteiger partial charge on any atom is -0.345 e. The van der Waals surface area contributed by atoms with E-state index in [0.29, 0.717) is 23.3 Å². The van der Waals surface area contributed by atoms with Gasteiger partial charge in [0.25, 0.3) is 5.56 Å². The van der Waals surface area contributed by atoms with Gasteiger partial charge >= 0.3 is 0 Å². The van der Waals surface area contributed by atoms with Crippen molar-refractivity contribution in [2.75, 3.05) is 31.1 Å². The molecule has 4 heterocycles. The average molecular weight is 361 g/mol. The van der Waals surface area contributed by atoms with Crippen LogP contribution in [0.1, 0.15) is 0 Å². The molecule has 4 rings (SSSR count). The zero-order valence-electron chi connectivity index (χ0n) is 12.8. The summed E-state index contributed by atoms with van der Waals surface area (Å²) in [4.78, 5) is 38.1. The van der Waals surface area contributed by atoms with Gasteiger partial charge in [-0.2, -0.15) is 0 Å². The van der Waals surface area contributed by atoms with Crippen molar-refractivity contribution < 1.29 is 4.79 Å². The van der Waals surface area contributed by atoms with Crippen molar-refractivity contribution in [1.82, 2.24) is 19.4 Å². The van der Waals surface area contributed by atoms with Crippen molar-refractivity contribution in [3.05, 3.63) is 39.7 Å². The van der Waals surface area contributed by atoms with E-state index in [4.69, 9.17) is 0 Å². The highest BCUT2D eigenvalue weighted by atomic mass is 32.1. The number of piperazine rings is 1. The lowest BCUT2D eigenvalue weighted by Crippen LogP contribution is -2.50. The molecule has 0 aliphatic carbocycles. The molecule has 3 aromatic rings. The molecule has 124 valence electrons. The van der Waals surface area contributed by atoms with Gasteiger partial charge < -0.3 is 9.80 Å². The summed E-state index contributed by atoms with van der Waals surface area (Å²) in [5.41, 5.74) is -0.156. The highest BCUT2D eigenvalue weighted by molar-refractivity contribution is 7.16. The monoisotopic (exact) mass is 361 g/mol. The smallest absolute Gasteiger partial charge is 0.262 e. The molecule has 0 N–H and O–H groups in total. The van der Waals surface area contributed by atoms with Crippen molar-refractivity contribution in [2.24, 2.45) is 0 Å². The van der Waals surface area contributed by atoms with E-state index in [1.165, 1.54) is 22.2 Å². The first-order valence-electron chi connectivity index (χ1n) is 7.57. The Bertz CT molecular complexity index is 909. The van der Waals surface area contributed by atoms with Crippen molar-refractivity contribution in [2.45, 2.75) is 6.54 Å². The number of nitrogens with zero attached hydrogens (tertiary/aromatic N) is 5. The molecule has 1 fully saturated rings. The van der Waals surface area contributed by atoms with Crippen LogP contribution in [0.3, 0.4) is 0 Å². The lowest BCUT2D eigenvalue weighted by Gasteiger charge is -2.34. The maximum absolute atomic E-state index is 12.5. The Hall–Kier alpha value is -2.26. The number of aromatic nitrogens is 3. The van der Waals surface area contributed by atoms with Gasteiger partial charge in [0.1, 0.15) is 11.4 Å². The Morgan fingerprint density at radius 3 is 2.71 bits per heavy atom. The zero-order valence-corrected chi connectivity index (χ0v) is 14.4. The van der Waals surface area contributed by atoms with Crippen molar-refractivity contribution in [3.8, 4) is 0 Å². The summed E-state index contributed by atoms with van der Waals surface area (Å²) in [6, 6.07) is 1.75. The molecule has 0 unspecified atom stereocenters. The normalized spacial score (nSPS) is 15.2. The predicted molar refractivity (Wildman–Crippen MR) is 94.8 cm³/mol. The van der Waals surface area contributed by atoms with E-state index in [-0.39, 0.29) is 18.0 Å². The maximum Gasteiger partial charge on any atom is 0.262 e. The van der Waals surface area contributed by atoms with E-state index < -0.39 is 0 Å². The number of anilines is 1. The van der Waals surface area contributed by atoms with Crippen LogP contribution < -0.4 is 10.5 Å². The van der Waals surface area contributed by atoms with Gasteiger partial charge in [-0.15, -0.1) is 22.7 Å². The quantitative estimate of drug-likeness (QED) is 0.702. The average Bonchev–Trinajstić information content (AvgIpc) is 3.29. The highest BCUT2D eigenvalue weighted by Crippen LogP contribution is 2.19. The molecule has 0 aromatic carbocycles. The number of hydrogen-bond donors (Lipinski definition) is 0. The number of carbonyl (C=O) groups is 1. The minimum atomic E-state index is -0.156. The van der Waals surface area contributed by atoms with Crippen molar-refractivity contribution >= 4 is 43.9 Å². The summed E-state index contributed by atoms with van der Waals surface area (Å²) >= 11 is 3.03. The van der Waals surface area contributed by atoms with Crippen LogP contribution in [-0.4, -0.2) is 51.5 Å².